The van der Waals surface area contributed by atoms with Crippen LogP contribution in [0.5, 0.6) is 0 Å². The van der Waals surface area contributed by atoms with Crippen molar-refractivity contribution in [2.24, 2.45) is 11.8 Å². The van der Waals surface area contributed by atoms with Crippen LogP contribution >= 0.6 is 23.4 Å². The second-order valence-electron chi connectivity index (χ2n) is 9.58. The molecule has 4 aliphatic rings. The number of aliphatic hydroxyl groups excluding tert-OH is 1. The minimum absolute atomic E-state index is 0.163. The largest absolute Gasteiger partial charge is 0.461 e. The summed E-state index contributed by atoms with van der Waals surface area (Å²) in [4.78, 5) is 45.1. The molecule has 0 aliphatic carbocycles. The van der Waals surface area contributed by atoms with E-state index in [-0.39, 0.29) is 30.3 Å². The van der Waals surface area contributed by atoms with Crippen molar-refractivity contribution in [3.63, 3.8) is 0 Å². The molecule has 1 spiro atoms. The predicted molar refractivity (Wildman–Crippen MR) is 141 cm³/mol. The molecule has 2 saturated heterocycles. The van der Waals surface area contributed by atoms with Crippen molar-refractivity contribution in [2.45, 2.75) is 22.1 Å². The third-order valence-corrected chi connectivity index (χ3v) is 9.68. The summed E-state index contributed by atoms with van der Waals surface area (Å²) in [6.07, 6.45) is 7.56. The number of amides is 2. The summed E-state index contributed by atoms with van der Waals surface area (Å²) in [7, 11) is 0. The maximum atomic E-state index is 14.4. The number of hydrogen-bond donors (Lipinski definition) is 1. The molecule has 6 rings (SSSR count). The van der Waals surface area contributed by atoms with Gasteiger partial charge in [-0.2, -0.15) is 0 Å². The van der Waals surface area contributed by atoms with Gasteiger partial charge in [-0.05, 0) is 29.8 Å². The molecule has 2 fully saturated rings. The predicted octanol–water partition coefficient (Wildman–Crippen LogP) is 3.39. The number of fused-ring (bicyclic) bond motifs is 2. The molecular formula is C28H25ClN2O5S. The van der Waals surface area contributed by atoms with E-state index >= 15 is 0 Å². The lowest BCUT2D eigenvalue weighted by molar-refractivity contribution is -0.152. The highest BCUT2D eigenvalue weighted by molar-refractivity contribution is 8.02. The Morgan fingerprint density at radius 3 is 2.54 bits per heavy atom. The summed E-state index contributed by atoms with van der Waals surface area (Å²) in [6, 6.07) is 14.5. The smallest absolute Gasteiger partial charge is 0.311 e. The summed E-state index contributed by atoms with van der Waals surface area (Å²) in [5, 5.41) is 10.8. The third-order valence-electron chi connectivity index (χ3n) is 7.68. The highest BCUT2D eigenvalue weighted by atomic mass is 35.5. The summed E-state index contributed by atoms with van der Waals surface area (Å²) in [6.45, 7) is 0.102. The Hall–Kier alpha value is -3.07. The van der Waals surface area contributed by atoms with E-state index in [2.05, 4.69) is 0 Å². The standard InChI is InChI=1S/C28H25ClN2O5S/c29-18-9-11-19(12-10-18)30-14-5-13-28-23(22-21(37-28)8-4-15-36-27(22)35)25(33)31(24(28)26(30)34)20(16-32)17-6-2-1-3-7-17/h1-13,20-24,32H,14-16H2/t20-,21-,22+,23+,24?,28+/m1/s1. The van der Waals surface area contributed by atoms with Crippen molar-refractivity contribution in [1.29, 1.82) is 0 Å². The van der Waals surface area contributed by atoms with E-state index in [4.69, 9.17) is 16.3 Å². The molecule has 0 radical (unpaired) electrons. The van der Waals surface area contributed by atoms with Gasteiger partial charge < -0.3 is 19.6 Å². The number of ether oxygens (including phenoxy) is 1. The van der Waals surface area contributed by atoms with Crippen molar-refractivity contribution < 1.29 is 24.2 Å². The molecule has 4 heterocycles. The van der Waals surface area contributed by atoms with Crippen LogP contribution in [0, 0.1) is 11.8 Å². The zero-order chi connectivity index (χ0) is 25.7. The number of carbonyl (C=O) groups is 3. The Bertz CT molecular complexity index is 1300. The minimum atomic E-state index is -0.992. The number of nitrogens with zero attached hydrogens (tertiary/aromatic N) is 2. The number of aliphatic hydroxyl groups is 1. The topological polar surface area (TPSA) is 87.2 Å². The lowest BCUT2D eigenvalue weighted by atomic mass is 9.78. The fraction of sp³-hybridized carbons (Fsp3) is 0.321. The molecule has 9 heteroatoms. The number of hydrogen-bond acceptors (Lipinski definition) is 6. The SMILES string of the molecule is O=C1OCC=C[C@H]2S[C@]34C=CCN(c5ccc(Cl)cc5)C(=O)C3N([C@H](CO)c3ccccc3)C(=O)[C@@H]4[C@@H]12. The number of rotatable bonds is 4. The van der Waals surface area contributed by atoms with Crippen molar-refractivity contribution >= 4 is 46.8 Å². The number of thioether (sulfide) groups is 1. The van der Waals surface area contributed by atoms with E-state index in [1.807, 2.05) is 48.6 Å². The Balaban J connectivity index is 1.51. The summed E-state index contributed by atoms with van der Waals surface area (Å²) < 4.78 is 4.43. The molecule has 7 nitrogen and oxygen atoms in total. The molecule has 1 unspecified atom stereocenters. The number of benzene rings is 2. The molecule has 37 heavy (non-hydrogen) atoms. The number of anilines is 1. The highest BCUT2D eigenvalue weighted by Gasteiger charge is 2.72. The Kier molecular flexibility index (Phi) is 6.13. The van der Waals surface area contributed by atoms with Gasteiger partial charge in [0.2, 0.25) is 5.91 Å². The van der Waals surface area contributed by atoms with Crippen molar-refractivity contribution in [1.82, 2.24) is 4.90 Å². The van der Waals surface area contributed by atoms with Gasteiger partial charge in [0.05, 0.1) is 29.2 Å². The summed E-state index contributed by atoms with van der Waals surface area (Å²) in [5.74, 6) is -2.54. The monoisotopic (exact) mass is 536 g/mol. The highest BCUT2D eigenvalue weighted by Crippen LogP contribution is 2.62. The van der Waals surface area contributed by atoms with Crippen LogP contribution in [0.4, 0.5) is 5.69 Å². The molecule has 1 N–H and O–H groups in total. The Labute approximate surface area is 223 Å². The molecule has 0 saturated carbocycles. The molecule has 4 aliphatic heterocycles. The first-order chi connectivity index (χ1) is 18.0. The van der Waals surface area contributed by atoms with Gasteiger partial charge in [-0.1, -0.05) is 66.2 Å². The van der Waals surface area contributed by atoms with E-state index in [0.29, 0.717) is 17.3 Å². The van der Waals surface area contributed by atoms with Gasteiger partial charge in [-0.25, -0.2) is 0 Å². The molecule has 2 amide bonds. The van der Waals surface area contributed by atoms with Crippen LogP contribution in [0.15, 0.2) is 78.9 Å². The zero-order valence-corrected chi connectivity index (χ0v) is 21.3. The molecule has 0 aromatic heterocycles. The van der Waals surface area contributed by atoms with Crippen LogP contribution in [0.25, 0.3) is 0 Å². The number of cyclic esters (lactones) is 1. The van der Waals surface area contributed by atoms with E-state index in [1.54, 1.807) is 35.2 Å². The summed E-state index contributed by atoms with van der Waals surface area (Å²) in [5.41, 5.74) is 1.38. The molecule has 190 valence electrons. The number of esters is 1. The zero-order valence-electron chi connectivity index (χ0n) is 19.8. The Morgan fingerprint density at radius 2 is 1.81 bits per heavy atom. The maximum Gasteiger partial charge on any atom is 0.311 e. The van der Waals surface area contributed by atoms with Crippen molar-refractivity contribution in [3.8, 4) is 0 Å². The first-order valence-corrected chi connectivity index (χ1v) is 13.5. The molecule has 0 bridgehead atoms. The fourth-order valence-corrected chi connectivity index (χ4v) is 8.24. The fourth-order valence-electron chi connectivity index (χ4n) is 6.13. The second kappa shape index (κ2) is 9.35. The first kappa shape index (κ1) is 24.3. The van der Waals surface area contributed by atoms with Gasteiger partial charge in [-0.15, -0.1) is 11.8 Å². The van der Waals surface area contributed by atoms with Crippen LogP contribution in [0.2, 0.25) is 5.02 Å². The van der Waals surface area contributed by atoms with Gasteiger partial charge in [0.15, 0.2) is 0 Å². The van der Waals surface area contributed by atoms with Gasteiger partial charge in [0.1, 0.15) is 12.6 Å². The van der Waals surface area contributed by atoms with Gasteiger partial charge in [-0.3, -0.25) is 14.4 Å². The maximum absolute atomic E-state index is 14.4. The van der Waals surface area contributed by atoms with Crippen molar-refractivity contribution in [2.75, 3.05) is 24.7 Å². The number of carbonyl (C=O) groups excluding carboxylic acids is 3. The van der Waals surface area contributed by atoms with E-state index in [0.717, 1.165) is 5.56 Å². The Morgan fingerprint density at radius 1 is 1.05 bits per heavy atom. The normalized spacial score (nSPS) is 31.4. The average Bonchev–Trinajstić information content (AvgIpc) is 3.20. The lowest BCUT2D eigenvalue weighted by Crippen LogP contribution is -2.54. The van der Waals surface area contributed by atoms with Crippen LogP contribution in [0.3, 0.4) is 0 Å². The van der Waals surface area contributed by atoms with E-state index < -0.39 is 34.6 Å². The van der Waals surface area contributed by atoms with Crippen molar-refractivity contribution in [3.05, 3.63) is 89.5 Å². The number of likely N-dealkylation sites (tertiary alicyclic amines) is 1. The van der Waals surface area contributed by atoms with Gasteiger partial charge in [0.25, 0.3) is 5.91 Å². The minimum Gasteiger partial charge on any atom is -0.461 e. The first-order valence-electron chi connectivity index (χ1n) is 12.2. The lowest BCUT2D eigenvalue weighted by Gasteiger charge is -2.38. The van der Waals surface area contributed by atoms with E-state index in [9.17, 15) is 19.5 Å². The van der Waals surface area contributed by atoms with Crippen LogP contribution in [-0.2, 0) is 19.1 Å². The molecule has 2 aromatic rings. The second-order valence-corrected chi connectivity index (χ2v) is 11.5. The molecule has 2 aromatic carbocycles. The van der Waals surface area contributed by atoms with E-state index in [1.165, 1.54) is 16.7 Å². The van der Waals surface area contributed by atoms with Gasteiger partial charge in [0, 0.05) is 22.5 Å². The average molecular weight is 537 g/mol. The van der Waals surface area contributed by atoms with Gasteiger partial charge >= 0.3 is 5.97 Å². The third kappa shape index (κ3) is 3.73. The van der Waals surface area contributed by atoms with Crippen LogP contribution in [0.1, 0.15) is 11.6 Å². The van der Waals surface area contributed by atoms with Crippen LogP contribution < -0.4 is 4.90 Å². The van der Waals surface area contributed by atoms with Crippen LogP contribution in [-0.4, -0.2) is 63.6 Å². The molecule has 6 atom stereocenters. The number of halogens is 1. The molecular weight excluding hydrogens is 512 g/mol. The quantitative estimate of drug-likeness (QED) is 0.476. The summed E-state index contributed by atoms with van der Waals surface area (Å²) >= 11 is 7.57.